The Morgan fingerprint density at radius 2 is 1.66 bits per heavy atom. The Morgan fingerprint density at radius 1 is 1.03 bits per heavy atom. The van der Waals surface area contributed by atoms with Gasteiger partial charge < -0.3 is 16.4 Å². The Hall–Kier alpha value is -3.73. The summed E-state index contributed by atoms with van der Waals surface area (Å²) in [5, 5.41) is 14.0. The summed E-state index contributed by atoms with van der Waals surface area (Å²) in [5.41, 5.74) is 7.00. The Labute approximate surface area is 167 Å². The minimum absolute atomic E-state index is 0.0403. The van der Waals surface area contributed by atoms with E-state index in [1.54, 1.807) is 30.3 Å². The number of benzene rings is 2. The third-order valence-corrected chi connectivity index (χ3v) is 4.18. The largest absolute Gasteiger partial charge is 0.368 e. The fourth-order valence-corrected chi connectivity index (χ4v) is 2.85. The van der Waals surface area contributed by atoms with Gasteiger partial charge in [-0.25, -0.2) is 4.39 Å². The third-order valence-electron chi connectivity index (χ3n) is 4.18. The zero-order chi connectivity index (χ0) is 21.4. The van der Waals surface area contributed by atoms with Crippen LogP contribution in [0.1, 0.15) is 23.6 Å². The standard InChI is InChI=1S/C21H21FN4O3/c1-13(27)25-19(11-15-5-3-7-17(22)9-15)21(29)26-18(20(24)28)10-14-4-2-6-16(8-14)12-23/h2-9,18-19H,10-11H2,1H3,(H2,24,28)(H,25,27)(H,26,29)/t18-,19-/m1/s1. The second kappa shape index (κ2) is 9.99. The number of carbonyl (C=O) groups excluding carboxylic acids is 3. The van der Waals surface area contributed by atoms with Gasteiger partial charge in [-0.05, 0) is 35.4 Å². The normalized spacial score (nSPS) is 12.3. The summed E-state index contributed by atoms with van der Waals surface area (Å²) >= 11 is 0. The van der Waals surface area contributed by atoms with Gasteiger partial charge in [0.1, 0.15) is 17.9 Å². The number of nitriles is 1. The second-order valence-electron chi connectivity index (χ2n) is 6.57. The highest BCUT2D eigenvalue weighted by atomic mass is 19.1. The number of primary amides is 1. The molecule has 0 heterocycles. The molecule has 2 aromatic rings. The number of amides is 3. The summed E-state index contributed by atoms with van der Waals surface area (Å²) in [4.78, 5) is 36.1. The first kappa shape index (κ1) is 21.6. The number of nitrogens with one attached hydrogen (secondary N) is 2. The molecule has 3 amide bonds. The molecule has 150 valence electrons. The smallest absolute Gasteiger partial charge is 0.243 e. The van der Waals surface area contributed by atoms with Crippen LogP contribution in [0.3, 0.4) is 0 Å². The van der Waals surface area contributed by atoms with Gasteiger partial charge >= 0.3 is 0 Å². The number of rotatable bonds is 8. The molecule has 2 aromatic carbocycles. The van der Waals surface area contributed by atoms with E-state index in [0.717, 1.165) is 0 Å². The zero-order valence-corrected chi connectivity index (χ0v) is 15.8. The Morgan fingerprint density at radius 3 is 2.24 bits per heavy atom. The minimum Gasteiger partial charge on any atom is -0.368 e. The predicted octanol–water partition coefficient (Wildman–Crippen LogP) is 0.957. The minimum atomic E-state index is -1.04. The molecule has 0 radical (unpaired) electrons. The van der Waals surface area contributed by atoms with Crippen molar-refractivity contribution in [2.24, 2.45) is 5.73 Å². The van der Waals surface area contributed by atoms with Crippen LogP contribution in [0.4, 0.5) is 4.39 Å². The number of nitrogens with zero attached hydrogens (tertiary/aromatic N) is 1. The van der Waals surface area contributed by atoms with Crippen molar-refractivity contribution in [2.75, 3.05) is 0 Å². The molecular weight excluding hydrogens is 375 g/mol. The monoisotopic (exact) mass is 396 g/mol. The lowest BCUT2D eigenvalue weighted by Crippen LogP contribution is -2.54. The van der Waals surface area contributed by atoms with Gasteiger partial charge in [-0.2, -0.15) is 5.26 Å². The van der Waals surface area contributed by atoms with E-state index in [0.29, 0.717) is 16.7 Å². The molecule has 7 nitrogen and oxygen atoms in total. The molecule has 29 heavy (non-hydrogen) atoms. The number of hydrogen-bond acceptors (Lipinski definition) is 4. The van der Waals surface area contributed by atoms with E-state index in [4.69, 9.17) is 11.0 Å². The van der Waals surface area contributed by atoms with Crippen LogP contribution in [0, 0.1) is 17.1 Å². The van der Waals surface area contributed by atoms with Crippen molar-refractivity contribution in [2.45, 2.75) is 31.8 Å². The second-order valence-corrected chi connectivity index (χ2v) is 6.57. The predicted molar refractivity (Wildman–Crippen MR) is 104 cm³/mol. The Balaban J connectivity index is 2.16. The molecule has 0 saturated heterocycles. The fraction of sp³-hybridized carbons (Fsp3) is 0.238. The highest BCUT2D eigenvalue weighted by molar-refractivity contribution is 5.91. The Kier molecular flexibility index (Phi) is 7.43. The first-order chi connectivity index (χ1) is 13.8. The lowest BCUT2D eigenvalue weighted by atomic mass is 10.0. The van der Waals surface area contributed by atoms with Gasteiger partial charge in [-0.15, -0.1) is 0 Å². The van der Waals surface area contributed by atoms with Crippen molar-refractivity contribution in [3.8, 4) is 6.07 Å². The van der Waals surface area contributed by atoms with E-state index in [1.807, 2.05) is 6.07 Å². The molecule has 0 spiro atoms. The maximum absolute atomic E-state index is 13.4. The van der Waals surface area contributed by atoms with Crippen LogP contribution in [-0.2, 0) is 27.2 Å². The van der Waals surface area contributed by atoms with Gasteiger partial charge in [0.25, 0.3) is 0 Å². The van der Waals surface area contributed by atoms with E-state index in [9.17, 15) is 18.8 Å². The van der Waals surface area contributed by atoms with Crippen molar-refractivity contribution >= 4 is 17.7 Å². The van der Waals surface area contributed by atoms with Gasteiger partial charge in [0.15, 0.2) is 0 Å². The molecule has 0 aromatic heterocycles. The molecule has 0 saturated carbocycles. The SMILES string of the molecule is CC(=O)N[C@H](Cc1cccc(F)c1)C(=O)N[C@H](Cc1cccc(C#N)c1)C(N)=O. The number of halogens is 1. The van der Waals surface area contributed by atoms with E-state index in [2.05, 4.69) is 10.6 Å². The van der Waals surface area contributed by atoms with E-state index in [-0.39, 0.29) is 12.8 Å². The van der Waals surface area contributed by atoms with Crippen LogP contribution in [-0.4, -0.2) is 29.8 Å². The first-order valence-electron chi connectivity index (χ1n) is 8.88. The summed E-state index contributed by atoms with van der Waals surface area (Å²) in [6, 6.07) is 12.2. The van der Waals surface area contributed by atoms with Crippen molar-refractivity contribution < 1.29 is 18.8 Å². The topological polar surface area (TPSA) is 125 Å². The highest BCUT2D eigenvalue weighted by Gasteiger charge is 2.25. The average Bonchev–Trinajstić information content (AvgIpc) is 2.66. The van der Waals surface area contributed by atoms with E-state index < -0.39 is 35.6 Å². The van der Waals surface area contributed by atoms with Gasteiger partial charge in [0, 0.05) is 19.8 Å². The molecule has 2 rings (SSSR count). The maximum atomic E-state index is 13.4. The number of carbonyl (C=O) groups is 3. The molecular formula is C21H21FN4O3. The zero-order valence-electron chi connectivity index (χ0n) is 15.8. The number of hydrogen-bond donors (Lipinski definition) is 3. The van der Waals surface area contributed by atoms with Crippen LogP contribution in [0.2, 0.25) is 0 Å². The van der Waals surface area contributed by atoms with E-state index >= 15 is 0 Å². The molecule has 4 N–H and O–H groups in total. The Bertz CT molecular complexity index is 955. The summed E-state index contributed by atoms with van der Waals surface area (Å²) < 4.78 is 13.4. The van der Waals surface area contributed by atoms with Gasteiger partial charge in [-0.3, -0.25) is 14.4 Å². The molecule has 0 aliphatic rings. The van der Waals surface area contributed by atoms with Crippen LogP contribution < -0.4 is 16.4 Å². The molecule has 0 bridgehead atoms. The van der Waals surface area contributed by atoms with Gasteiger partial charge in [0.2, 0.25) is 17.7 Å². The lowest BCUT2D eigenvalue weighted by molar-refractivity contribution is -0.130. The summed E-state index contributed by atoms with van der Waals surface area (Å²) in [6.07, 6.45) is 0.127. The third kappa shape index (κ3) is 6.74. The molecule has 0 aliphatic carbocycles. The van der Waals surface area contributed by atoms with Crippen LogP contribution >= 0.6 is 0 Å². The summed E-state index contributed by atoms with van der Waals surface area (Å²) in [5.74, 6) is -2.28. The summed E-state index contributed by atoms with van der Waals surface area (Å²) in [6.45, 7) is 1.25. The summed E-state index contributed by atoms with van der Waals surface area (Å²) in [7, 11) is 0. The molecule has 0 unspecified atom stereocenters. The van der Waals surface area contributed by atoms with Crippen molar-refractivity contribution in [3.05, 3.63) is 71.0 Å². The fourth-order valence-electron chi connectivity index (χ4n) is 2.85. The highest BCUT2D eigenvalue weighted by Crippen LogP contribution is 2.10. The average molecular weight is 396 g/mol. The van der Waals surface area contributed by atoms with Crippen molar-refractivity contribution in [1.82, 2.24) is 10.6 Å². The van der Waals surface area contributed by atoms with Crippen LogP contribution in [0.25, 0.3) is 0 Å². The molecule has 2 atom stereocenters. The van der Waals surface area contributed by atoms with Crippen molar-refractivity contribution in [3.63, 3.8) is 0 Å². The maximum Gasteiger partial charge on any atom is 0.243 e. The van der Waals surface area contributed by atoms with Crippen molar-refractivity contribution in [1.29, 1.82) is 5.26 Å². The number of nitrogens with two attached hydrogens (primary N) is 1. The van der Waals surface area contributed by atoms with Crippen LogP contribution in [0.5, 0.6) is 0 Å². The van der Waals surface area contributed by atoms with E-state index in [1.165, 1.54) is 25.1 Å². The first-order valence-corrected chi connectivity index (χ1v) is 8.88. The molecule has 8 heteroatoms. The van der Waals surface area contributed by atoms with Gasteiger partial charge in [0.05, 0.1) is 11.6 Å². The van der Waals surface area contributed by atoms with Gasteiger partial charge in [-0.1, -0.05) is 24.3 Å². The molecule has 0 aliphatic heterocycles. The lowest BCUT2D eigenvalue weighted by Gasteiger charge is -2.22. The quantitative estimate of drug-likeness (QED) is 0.614. The van der Waals surface area contributed by atoms with Crippen LogP contribution in [0.15, 0.2) is 48.5 Å². The molecule has 0 fully saturated rings.